The number of rotatable bonds is 5. The van der Waals surface area contributed by atoms with E-state index >= 15 is 0 Å². The van der Waals surface area contributed by atoms with Crippen LogP contribution in [0, 0.1) is 18.6 Å². The van der Waals surface area contributed by atoms with E-state index in [-0.39, 0.29) is 11.4 Å². The number of aryl methyl sites for hydroxylation is 1. The van der Waals surface area contributed by atoms with Crippen LogP contribution in [-0.2, 0) is 9.53 Å². The molecule has 0 fully saturated rings. The Kier molecular flexibility index (Phi) is 5.56. The Balaban J connectivity index is 1.56. The molecule has 8 heteroatoms. The van der Waals surface area contributed by atoms with Crippen LogP contribution in [0.1, 0.15) is 16.1 Å². The van der Waals surface area contributed by atoms with Gasteiger partial charge in [-0.1, -0.05) is 29.8 Å². The number of amides is 1. The maximum atomic E-state index is 13.1. The molecule has 3 aromatic rings. The highest BCUT2D eigenvalue weighted by atomic mass is 32.1. The first kappa shape index (κ1) is 18.7. The first-order chi connectivity index (χ1) is 12.9. The summed E-state index contributed by atoms with van der Waals surface area (Å²) < 4.78 is 30.9. The van der Waals surface area contributed by atoms with Gasteiger partial charge in [0.1, 0.15) is 5.01 Å². The molecule has 1 heterocycles. The third-order valence-electron chi connectivity index (χ3n) is 3.55. The minimum Gasteiger partial charge on any atom is -0.451 e. The second-order valence-corrected chi connectivity index (χ2v) is 6.52. The zero-order valence-electron chi connectivity index (χ0n) is 14.2. The molecular weight excluding hydrogens is 374 g/mol. The lowest BCUT2D eigenvalue weighted by atomic mass is 10.2. The predicted octanol–water partition coefficient (Wildman–Crippen LogP) is 4.19. The standard InChI is InChI=1S/C19H14F2N2O3S/c1-11-2-4-12(5-3-11)18-23-16(10-27-18)19(25)26-9-17(24)22-13-6-7-14(20)15(21)8-13/h2-8,10H,9H2,1H3,(H,22,24). The zero-order chi connectivity index (χ0) is 19.4. The number of hydrogen-bond acceptors (Lipinski definition) is 5. The minimum absolute atomic E-state index is 0.0604. The Hall–Kier alpha value is -3.13. The van der Waals surface area contributed by atoms with Gasteiger partial charge in [0.2, 0.25) is 0 Å². The normalized spacial score (nSPS) is 10.5. The number of nitrogens with one attached hydrogen (secondary N) is 1. The number of aromatic nitrogens is 1. The van der Waals surface area contributed by atoms with Crippen molar-refractivity contribution >= 4 is 28.9 Å². The fourth-order valence-corrected chi connectivity index (χ4v) is 2.97. The Morgan fingerprint density at radius 3 is 2.56 bits per heavy atom. The van der Waals surface area contributed by atoms with Crippen LogP contribution in [-0.4, -0.2) is 23.5 Å². The monoisotopic (exact) mass is 388 g/mol. The van der Waals surface area contributed by atoms with E-state index in [1.807, 2.05) is 31.2 Å². The second kappa shape index (κ2) is 8.05. The Morgan fingerprint density at radius 2 is 1.85 bits per heavy atom. The molecule has 0 saturated heterocycles. The lowest BCUT2D eigenvalue weighted by Crippen LogP contribution is -2.21. The smallest absolute Gasteiger partial charge is 0.358 e. The molecule has 3 rings (SSSR count). The molecule has 0 atom stereocenters. The third kappa shape index (κ3) is 4.73. The van der Waals surface area contributed by atoms with E-state index in [0.717, 1.165) is 23.3 Å². The average Bonchev–Trinajstić information content (AvgIpc) is 3.13. The molecule has 0 aliphatic carbocycles. The van der Waals surface area contributed by atoms with Crippen LogP contribution in [0.5, 0.6) is 0 Å². The van der Waals surface area contributed by atoms with Crippen molar-refractivity contribution in [3.8, 4) is 10.6 Å². The molecule has 0 radical (unpaired) electrons. The van der Waals surface area contributed by atoms with Crippen molar-refractivity contribution < 1.29 is 23.1 Å². The number of benzene rings is 2. The minimum atomic E-state index is -1.09. The summed E-state index contributed by atoms with van der Waals surface area (Å²) in [6, 6.07) is 10.6. The molecule has 1 amide bonds. The van der Waals surface area contributed by atoms with Gasteiger partial charge < -0.3 is 10.1 Å². The van der Waals surface area contributed by atoms with Crippen LogP contribution < -0.4 is 5.32 Å². The van der Waals surface area contributed by atoms with Crippen LogP contribution in [0.25, 0.3) is 10.6 Å². The van der Waals surface area contributed by atoms with Gasteiger partial charge in [0.05, 0.1) is 0 Å². The number of hydrogen-bond donors (Lipinski definition) is 1. The number of thiazole rings is 1. The SMILES string of the molecule is Cc1ccc(-c2nc(C(=O)OCC(=O)Nc3ccc(F)c(F)c3)cs2)cc1. The summed E-state index contributed by atoms with van der Waals surface area (Å²) in [4.78, 5) is 28.0. The molecule has 0 saturated carbocycles. The first-order valence-electron chi connectivity index (χ1n) is 7.87. The number of esters is 1. The molecule has 138 valence electrons. The molecule has 27 heavy (non-hydrogen) atoms. The van der Waals surface area contributed by atoms with Crippen LogP contribution in [0.15, 0.2) is 47.8 Å². The van der Waals surface area contributed by atoms with Gasteiger partial charge in [-0.2, -0.15) is 0 Å². The van der Waals surface area contributed by atoms with Crippen molar-refractivity contribution in [2.75, 3.05) is 11.9 Å². The largest absolute Gasteiger partial charge is 0.451 e. The molecule has 2 aromatic carbocycles. The fraction of sp³-hybridized carbons (Fsp3) is 0.105. The summed E-state index contributed by atoms with van der Waals surface area (Å²) in [6.07, 6.45) is 0. The molecule has 0 spiro atoms. The highest BCUT2D eigenvalue weighted by molar-refractivity contribution is 7.13. The van der Waals surface area contributed by atoms with Crippen LogP contribution in [0.4, 0.5) is 14.5 Å². The number of carbonyl (C=O) groups excluding carboxylic acids is 2. The molecule has 0 aliphatic rings. The quantitative estimate of drug-likeness (QED) is 0.666. The predicted molar refractivity (Wildman–Crippen MR) is 97.6 cm³/mol. The summed E-state index contributed by atoms with van der Waals surface area (Å²) in [7, 11) is 0. The van der Waals surface area contributed by atoms with Crippen molar-refractivity contribution in [1.82, 2.24) is 4.98 Å². The second-order valence-electron chi connectivity index (χ2n) is 5.66. The maximum Gasteiger partial charge on any atom is 0.358 e. The maximum absolute atomic E-state index is 13.1. The Morgan fingerprint density at radius 1 is 1.11 bits per heavy atom. The number of anilines is 1. The number of carbonyl (C=O) groups is 2. The van der Waals surface area contributed by atoms with Crippen molar-refractivity contribution in [3.05, 3.63) is 70.7 Å². The van der Waals surface area contributed by atoms with Crippen molar-refractivity contribution in [1.29, 1.82) is 0 Å². The van der Waals surface area contributed by atoms with Gasteiger partial charge >= 0.3 is 5.97 Å². The summed E-state index contributed by atoms with van der Waals surface area (Å²) in [6.45, 7) is 1.40. The molecule has 1 N–H and O–H groups in total. The number of ether oxygens (including phenoxy) is 1. The Bertz CT molecular complexity index is 987. The summed E-state index contributed by atoms with van der Waals surface area (Å²) in [5.74, 6) is -3.53. The molecule has 5 nitrogen and oxygen atoms in total. The van der Waals surface area contributed by atoms with Crippen LogP contribution in [0.3, 0.4) is 0 Å². The number of halogens is 2. The topological polar surface area (TPSA) is 68.3 Å². The van der Waals surface area contributed by atoms with E-state index in [0.29, 0.717) is 5.01 Å². The van der Waals surface area contributed by atoms with Gasteiger partial charge in [0, 0.05) is 22.7 Å². The van der Waals surface area contributed by atoms with Gasteiger partial charge in [-0.3, -0.25) is 4.79 Å². The van der Waals surface area contributed by atoms with Gasteiger partial charge in [-0.25, -0.2) is 18.6 Å². The molecule has 0 bridgehead atoms. The zero-order valence-corrected chi connectivity index (χ0v) is 15.0. The first-order valence-corrected chi connectivity index (χ1v) is 8.75. The van der Waals surface area contributed by atoms with Gasteiger partial charge in [0.25, 0.3) is 5.91 Å². The fourth-order valence-electron chi connectivity index (χ4n) is 2.17. The van der Waals surface area contributed by atoms with E-state index in [2.05, 4.69) is 10.3 Å². The van der Waals surface area contributed by atoms with Crippen molar-refractivity contribution in [2.45, 2.75) is 6.92 Å². The highest BCUT2D eigenvalue weighted by Gasteiger charge is 2.15. The van der Waals surface area contributed by atoms with Gasteiger partial charge in [-0.05, 0) is 19.1 Å². The molecule has 1 aromatic heterocycles. The van der Waals surface area contributed by atoms with Crippen molar-refractivity contribution in [3.63, 3.8) is 0 Å². The Labute approximate surface area is 157 Å². The molecular formula is C19H14F2N2O3S. The summed E-state index contributed by atoms with van der Waals surface area (Å²) >= 11 is 1.29. The van der Waals surface area contributed by atoms with E-state index in [1.165, 1.54) is 17.4 Å². The third-order valence-corrected chi connectivity index (χ3v) is 4.44. The van der Waals surface area contributed by atoms with Gasteiger partial charge in [0.15, 0.2) is 23.9 Å². The van der Waals surface area contributed by atoms with E-state index in [1.54, 1.807) is 5.38 Å². The molecule has 0 unspecified atom stereocenters. The highest BCUT2D eigenvalue weighted by Crippen LogP contribution is 2.24. The summed E-state index contributed by atoms with van der Waals surface area (Å²) in [5.41, 5.74) is 2.14. The lowest BCUT2D eigenvalue weighted by molar-refractivity contribution is -0.119. The van der Waals surface area contributed by atoms with Crippen LogP contribution >= 0.6 is 11.3 Å². The number of nitrogens with zero attached hydrogens (tertiary/aromatic N) is 1. The van der Waals surface area contributed by atoms with Gasteiger partial charge in [-0.15, -0.1) is 11.3 Å². The van der Waals surface area contributed by atoms with Crippen molar-refractivity contribution in [2.24, 2.45) is 0 Å². The molecule has 0 aliphatic heterocycles. The van der Waals surface area contributed by atoms with E-state index < -0.39 is 30.1 Å². The van der Waals surface area contributed by atoms with E-state index in [4.69, 9.17) is 4.74 Å². The summed E-state index contributed by atoms with van der Waals surface area (Å²) in [5, 5.41) is 4.52. The average molecular weight is 388 g/mol. The van der Waals surface area contributed by atoms with Crippen LogP contribution in [0.2, 0.25) is 0 Å². The lowest BCUT2D eigenvalue weighted by Gasteiger charge is -2.06. The van der Waals surface area contributed by atoms with E-state index in [9.17, 15) is 18.4 Å².